The zero-order valence-electron chi connectivity index (χ0n) is 9.40. The Kier molecular flexibility index (Phi) is 4.98. The molecule has 17 heavy (non-hydrogen) atoms. The highest BCUT2D eigenvalue weighted by molar-refractivity contribution is 9.10. The predicted molar refractivity (Wildman–Crippen MR) is 68.8 cm³/mol. The van der Waals surface area contributed by atoms with Gasteiger partial charge in [0.05, 0.1) is 5.56 Å². The van der Waals surface area contributed by atoms with Crippen LogP contribution in [0.1, 0.15) is 25.3 Å². The van der Waals surface area contributed by atoms with Gasteiger partial charge in [-0.25, -0.2) is 0 Å². The Labute approximate surface area is 108 Å². The number of carbonyl (C=O) groups is 1. The largest absolute Gasteiger partial charge is 0.481 e. The number of anilines is 1. The van der Waals surface area contributed by atoms with Crippen LogP contribution in [0.2, 0.25) is 0 Å². The van der Waals surface area contributed by atoms with Crippen LogP contribution in [0.5, 0.6) is 0 Å². The van der Waals surface area contributed by atoms with E-state index in [-0.39, 0.29) is 12.5 Å². The molecule has 1 rings (SSSR count). The highest BCUT2D eigenvalue weighted by Crippen LogP contribution is 2.21. The van der Waals surface area contributed by atoms with Gasteiger partial charge < -0.3 is 10.4 Å². The molecule has 0 amide bonds. The first-order valence-corrected chi connectivity index (χ1v) is 6.00. The van der Waals surface area contributed by atoms with Crippen molar-refractivity contribution in [1.82, 2.24) is 0 Å². The van der Waals surface area contributed by atoms with Crippen molar-refractivity contribution in [3.05, 3.63) is 28.2 Å². The van der Waals surface area contributed by atoms with Crippen LogP contribution in [0, 0.1) is 11.3 Å². The van der Waals surface area contributed by atoms with E-state index < -0.39 is 5.97 Å². The van der Waals surface area contributed by atoms with Gasteiger partial charge in [-0.3, -0.25) is 4.79 Å². The van der Waals surface area contributed by atoms with Crippen LogP contribution in [0.25, 0.3) is 0 Å². The van der Waals surface area contributed by atoms with Crippen molar-refractivity contribution < 1.29 is 9.90 Å². The minimum atomic E-state index is -0.792. The lowest BCUT2D eigenvalue weighted by molar-refractivity contribution is -0.137. The maximum Gasteiger partial charge on any atom is 0.303 e. The summed E-state index contributed by atoms with van der Waals surface area (Å²) < 4.78 is 0.732. The van der Waals surface area contributed by atoms with E-state index in [0.29, 0.717) is 12.0 Å². The molecule has 4 nitrogen and oxygen atoms in total. The summed E-state index contributed by atoms with van der Waals surface area (Å²) in [6.45, 7) is 1.93. The molecule has 1 aromatic carbocycles. The molecule has 0 fully saturated rings. The summed E-state index contributed by atoms with van der Waals surface area (Å²) in [4.78, 5) is 10.4. The summed E-state index contributed by atoms with van der Waals surface area (Å²) in [5.74, 6) is -0.792. The standard InChI is InChI=1S/C12H13BrN2O2/c1-8(2-5-12(16)17)15-10-4-3-9(7-14)11(13)6-10/h3-4,6,8,15H,2,5H2,1H3,(H,16,17). The van der Waals surface area contributed by atoms with Gasteiger partial charge in [-0.1, -0.05) is 0 Å². The number of nitrogens with one attached hydrogen (secondary N) is 1. The first-order chi connectivity index (χ1) is 8.02. The Hall–Kier alpha value is -1.54. The molecule has 0 aromatic heterocycles. The van der Waals surface area contributed by atoms with Crippen LogP contribution in [-0.2, 0) is 4.79 Å². The monoisotopic (exact) mass is 296 g/mol. The van der Waals surface area contributed by atoms with E-state index in [0.717, 1.165) is 10.2 Å². The van der Waals surface area contributed by atoms with Crippen molar-refractivity contribution in [2.45, 2.75) is 25.8 Å². The van der Waals surface area contributed by atoms with Crippen molar-refractivity contribution in [3.63, 3.8) is 0 Å². The number of carboxylic acid groups (broad SMARTS) is 1. The Balaban J connectivity index is 2.60. The lowest BCUT2D eigenvalue weighted by atomic mass is 10.1. The zero-order chi connectivity index (χ0) is 12.8. The fourth-order valence-corrected chi connectivity index (χ4v) is 1.86. The second kappa shape index (κ2) is 6.26. The van der Waals surface area contributed by atoms with E-state index in [1.54, 1.807) is 12.1 Å². The molecule has 0 heterocycles. The number of benzene rings is 1. The van der Waals surface area contributed by atoms with E-state index in [4.69, 9.17) is 10.4 Å². The van der Waals surface area contributed by atoms with E-state index in [1.807, 2.05) is 13.0 Å². The van der Waals surface area contributed by atoms with Gasteiger partial charge in [-0.05, 0) is 47.5 Å². The Bertz CT molecular complexity index is 454. The number of hydrogen-bond acceptors (Lipinski definition) is 3. The van der Waals surface area contributed by atoms with Gasteiger partial charge in [0.1, 0.15) is 6.07 Å². The normalized spacial score (nSPS) is 11.6. The second-order valence-electron chi connectivity index (χ2n) is 3.78. The summed E-state index contributed by atoms with van der Waals surface area (Å²) in [5, 5.41) is 20.5. The van der Waals surface area contributed by atoms with Crippen molar-refractivity contribution >= 4 is 27.6 Å². The van der Waals surface area contributed by atoms with Gasteiger partial charge >= 0.3 is 5.97 Å². The lowest BCUT2D eigenvalue weighted by Crippen LogP contribution is -2.16. The van der Waals surface area contributed by atoms with Crippen LogP contribution in [-0.4, -0.2) is 17.1 Å². The molecule has 0 aliphatic heterocycles. The molecule has 0 aliphatic rings. The minimum Gasteiger partial charge on any atom is -0.481 e. The molecule has 0 radical (unpaired) electrons. The molecule has 5 heteroatoms. The molecule has 1 aromatic rings. The first-order valence-electron chi connectivity index (χ1n) is 5.21. The van der Waals surface area contributed by atoms with Crippen LogP contribution in [0.15, 0.2) is 22.7 Å². The summed E-state index contributed by atoms with van der Waals surface area (Å²) in [7, 11) is 0. The van der Waals surface area contributed by atoms with Gasteiger partial charge in [0.2, 0.25) is 0 Å². The van der Waals surface area contributed by atoms with Crippen LogP contribution < -0.4 is 5.32 Å². The predicted octanol–water partition coefficient (Wildman–Crippen LogP) is 2.99. The zero-order valence-corrected chi connectivity index (χ0v) is 11.0. The van der Waals surface area contributed by atoms with Gasteiger partial charge in [0.15, 0.2) is 0 Å². The summed E-state index contributed by atoms with van der Waals surface area (Å²) in [5.41, 5.74) is 1.45. The third-order valence-corrected chi connectivity index (χ3v) is 2.95. The molecule has 2 N–H and O–H groups in total. The summed E-state index contributed by atoms with van der Waals surface area (Å²) in [6.07, 6.45) is 0.707. The molecule has 90 valence electrons. The van der Waals surface area contributed by atoms with Crippen molar-refractivity contribution in [2.75, 3.05) is 5.32 Å². The molecule has 1 unspecified atom stereocenters. The molecular weight excluding hydrogens is 284 g/mol. The summed E-state index contributed by atoms with van der Waals surface area (Å²) in [6, 6.07) is 7.48. The van der Waals surface area contributed by atoms with E-state index in [2.05, 4.69) is 27.3 Å². The fraction of sp³-hybridized carbons (Fsp3) is 0.333. The van der Waals surface area contributed by atoms with Crippen LogP contribution in [0.3, 0.4) is 0 Å². The molecule has 0 aliphatic carbocycles. The number of nitriles is 1. The van der Waals surface area contributed by atoms with Gasteiger partial charge in [0, 0.05) is 22.6 Å². The molecule has 0 spiro atoms. The highest BCUT2D eigenvalue weighted by Gasteiger charge is 2.06. The molecular formula is C12H13BrN2O2. The van der Waals surface area contributed by atoms with E-state index >= 15 is 0 Å². The number of nitrogens with zero attached hydrogens (tertiary/aromatic N) is 1. The fourth-order valence-electron chi connectivity index (χ4n) is 1.39. The van der Waals surface area contributed by atoms with Crippen molar-refractivity contribution in [2.24, 2.45) is 0 Å². The number of hydrogen-bond donors (Lipinski definition) is 2. The molecule has 0 saturated heterocycles. The second-order valence-corrected chi connectivity index (χ2v) is 4.64. The average molecular weight is 297 g/mol. The van der Waals surface area contributed by atoms with Gasteiger partial charge in [-0.2, -0.15) is 5.26 Å². The minimum absolute atomic E-state index is 0.0749. The third kappa shape index (κ3) is 4.45. The van der Waals surface area contributed by atoms with E-state index in [1.165, 1.54) is 0 Å². The Morgan fingerprint density at radius 2 is 2.35 bits per heavy atom. The van der Waals surface area contributed by atoms with Crippen molar-refractivity contribution in [3.8, 4) is 6.07 Å². The SMILES string of the molecule is CC(CCC(=O)O)Nc1ccc(C#N)c(Br)c1. The third-order valence-electron chi connectivity index (χ3n) is 2.29. The Morgan fingerprint density at radius 3 is 2.88 bits per heavy atom. The highest BCUT2D eigenvalue weighted by atomic mass is 79.9. The average Bonchev–Trinajstić information content (AvgIpc) is 2.26. The summed E-state index contributed by atoms with van der Waals surface area (Å²) >= 11 is 3.30. The topological polar surface area (TPSA) is 73.1 Å². The number of halogens is 1. The van der Waals surface area contributed by atoms with Crippen LogP contribution >= 0.6 is 15.9 Å². The maximum atomic E-state index is 10.4. The number of aliphatic carboxylic acids is 1. The van der Waals surface area contributed by atoms with Crippen LogP contribution in [0.4, 0.5) is 5.69 Å². The molecule has 0 bridgehead atoms. The smallest absolute Gasteiger partial charge is 0.303 e. The molecule has 1 atom stereocenters. The van der Waals surface area contributed by atoms with Crippen molar-refractivity contribution in [1.29, 1.82) is 5.26 Å². The lowest BCUT2D eigenvalue weighted by Gasteiger charge is -2.14. The van der Waals surface area contributed by atoms with E-state index in [9.17, 15) is 4.79 Å². The quantitative estimate of drug-likeness (QED) is 0.876. The molecule has 0 saturated carbocycles. The maximum absolute atomic E-state index is 10.4. The number of rotatable bonds is 5. The van der Waals surface area contributed by atoms with Gasteiger partial charge in [-0.15, -0.1) is 0 Å². The van der Waals surface area contributed by atoms with Gasteiger partial charge in [0.25, 0.3) is 0 Å². The first kappa shape index (κ1) is 13.5. The number of carboxylic acids is 1. The Morgan fingerprint density at radius 1 is 1.65 bits per heavy atom.